The van der Waals surface area contributed by atoms with Crippen LogP contribution in [0, 0.1) is 11.8 Å². The number of hydrogen-bond acceptors (Lipinski definition) is 5. The van der Waals surface area contributed by atoms with Crippen molar-refractivity contribution in [2.75, 3.05) is 26.2 Å². The van der Waals surface area contributed by atoms with E-state index < -0.39 is 16.1 Å². The van der Waals surface area contributed by atoms with Crippen molar-refractivity contribution >= 4 is 10.0 Å². The fourth-order valence-corrected chi connectivity index (χ4v) is 6.60. The third-order valence-electron chi connectivity index (χ3n) is 6.64. The normalized spacial score (nSPS) is 25.0. The maximum absolute atomic E-state index is 13.3. The number of fused-ring (bicyclic) bond motifs is 1. The van der Waals surface area contributed by atoms with Gasteiger partial charge in [0.05, 0.1) is 12.4 Å². The number of rotatable bonds is 5. The predicted molar refractivity (Wildman–Crippen MR) is 129 cm³/mol. The molecule has 0 bridgehead atoms. The molecule has 2 aliphatic rings. The first kappa shape index (κ1) is 23.9. The molecular weight excluding hydrogens is 436 g/mol. The minimum Gasteiger partial charge on any atom is -0.395 e. The summed E-state index contributed by atoms with van der Waals surface area (Å²) in [4.78, 5) is 2.27. The van der Waals surface area contributed by atoms with Crippen LogP contribution < -0.4 is 0 Å². The molecule has 2 aliphatic heterocycles. The van der Waals surface area contributed by atoms with Crippen LogP contribution in [0.5, 0.6) is 0 Å². The molecule has 0 spiro atoms. The lowest BCUT2D eigenvalue weighted by molar-refractivity contribution is -0.0554. The van der Waals surface area contributed by atoms with Gasteiger partial charge in [0, 0.05) is 36.7 Å². The molecule has 4 rings (SSSR count). The molecular formula is C26H32N2O4S. The topological polar surface area (TPSA) is 81.1 Å². The van der Waals surface area contributed by atoms with E-state index in [1.807, 2.05) is 54.6 Å². The molecule has 2 fully saturated rings. The van der Waals surface area contributed by atoms with Crippen molar-refractivity contribution in [3.05, 3.63) is 71.3 Å². The molecule has 0 amide bonds. The average molecular weight is 469 g/mol. The molecule has 2 saturated heterocycles. The highest BCUT2D eigenvalue weighted by atomic mass is 32.2. The second kappa shape index (κ2) is 10.4. The maximum atomic E-state index is 13.3. The first-order valence-corrected chi connectivity index (χ1v) is 13.2. The van der Waals surface area contributed by atoms with Gasteiger partial charge in [-0.15, -0.1) is 0 Å². The Labute approximate surface area is 196 Å². The molecule has 33 heavy (non-hydrogen) atoms. The summed E-state index contributed by atoms with van der Waals surface area (Å²) in [6.45, 7) is 3.50. The van der Waals surface area contributed by atoms with Gasteiger partial charge in [0.25, 0.3) is 0 Å². The van der Waals surface area contributed by atoms with Crippen molar-refractivity contribution in [3.63, 3.8) is 0 Å². The summed E-state index contributed by atoms with van der Waals surface area (Å²) in [5, 5.41) is 19.5. The predicted octanol–water partition coefficient (Wildman–Crippen LogP) is 2.17. The van der Waals surface area contributed by atoms with Gasteiger partial charge in [-0.3, -0.25) is 4.90 Å². The van der Waals surface area contributed by atoms with Crippen LogP contribution in [0.2, 0.25) is 0 Å². The molecule has 2 N–H and O–H groups in total. The minimum absolute atomic E-state index is 0.00526. The van der Waals surface area contributed by atoms with Gasteiger partial charge < -0.3 is 10.2 Å². The Morgan fingerprint density at radius 1 is 1.06 bits per heavy atom. The summed E-state index contributed by atoms with van der Waals surface area (Å²) in [6, 6.07) is 17.2. The number of benzene rings is 2. The minimum atomic E-state index is -3.45. The van der Waals surface area contributed by atoms with Crippen molar-refractivity contribution in [2.45, 2.75) is 49.6 Å². The molecule has 0 aromatic heterocycles. The fourth-order valence-electron chi connectivity index (χ4n) is 5.01. The van der Waals surface area contributed by atoms with Crippen LogP contribution >= 0.6 is 0 Å². The lowest BCUT2D eigenvalue weighted by atomic mass is 9.74. The van der Waals surface area contributed by atoms with Crippen molar-refractivity contribution < 1.29 is 18.6 Å². The highest BCUT2D eigenvalue weighted by Crippen LogP contribution is 2.42. The van der Waals surface area contributed by atoms with E-state index in [1.165, 1.54) is 0 Å². The summed E-state index contributed by atoms with van der Waals surface area (Å²) < 4.78 is 28.2. The van der Waals surface area contributed by atoms with Crippen LogP contribution in [0.1, 0.15) is 42.4 Å². The monoisotopic (exact) mass is 468 g/mol. The molecule has 0 radical (unpaired) electrons. The number of hydrogen-bond donors (Lipinski definition) is 2. The first-order chi connectivity index (χ1) is 15.9. The van der Waals surface area contributed by atoms with Crippen molar-refractivity contribution in [1.29, 1.82) is 0 Å². The molecule has 7 heteroatoms. The summed E-state index contributed by atoms with van der Waals surface area (Å²) in [5.41, 5.74) is 2.70. The number of aliphatic hydroxyl groups excluding tert-OH is 2. The number of aliphatic hydroxyl groups is 2. The third-order valence-corrected chi connectivity index (χ3v) is 8.46. The van der Waals surface area contributed by atoms with E-state index >= 15 is 0 Å². The van der Waals surface area contributed by atoms with Crippen molar-refractivity contribution in [3.8, 4) is 11.8 Å². The van der Waals surface area contributed by atoms with E-state index in [9.17, 15) is 18.6 Å². The Morgan fingerprint density at radius 2 is 1.76 bits per heavy atom. The molecule has 2 aromatic rings. The van der Waals surface area contributed by atoms with Gasteiger partial charge in [-0.25, -0.2) is 12.7 Å². The summed E-state index contributed by atoms with van der Waals surface area (Å²) >= 11 is 0. The Balaban J connectivity index is 1.55. The SMILES string of the molecule is C[C@@H](O)C#Cc1ccc([C@H]2[C@@H](CO)N3CCCCN(S(=O)(=O)Cc4ccccc4)C[C@H]23)cc1. The Hall–Kier alpha value is -2.21. The van der Waals surface area contributed by atoms with E-state index in [0.29, 0.717) is 13.1 Å². The van der Waals surface area contributed by atoms with E-state index in [1.54, 1.807) is 11.2 Å². The Morgan fingerprint density at radius 3 is 2.42 bits per heavy atom. The summed E-state index contributed by atoms with van der Waals surface area (Å²) in [6.07, 6.45) is 1.05. The van der Waals surface area contributed by atoms with Gasteiger partial charge >= 0.3 is 0 Å². The smallest absolute Gasteiger partial charge is 0.218 e. The van der Waals surface area contributed by atoms with Gasteiger partial charge in [-0.2, -0.15) is 0 Å². The van der Waals surface area contributed by atoms with Crippen molar-refractivity contribution in [2.24, 2.45) is 0 Å². The second-order valence-corrected chi connectivity index (χ2v) is 10.9. The molecule has 4 atom stereocenters. The fraction of sp³-hybridized carbons (Fsp3) is 0.462. The van der Waals surface area contributed by atoms with Crippen molar-refractivity contribution in [1.82, 2.24) is 9.21 Å². The molecule has 0 aliphatic carbocycles. The average Bonchev–Trinajstić information content (AvgIpc) is 2.77. The van der Waals surface area contributed by atoms with Gasteiger partial charge in [0.15, 0.2) is 0 Å². The largest absolute Gasteiger partial charge is 0.395 e. The van der Waals surface area contributed by atoms with Crippen LogP contribution in [0.4, 0.5) is 0 Å². The summed E-state index contributed by atoms with van der Waals surface area (Å²) in [5.74, 6) is 5.76. The molecule has 6 nitrogen and oxygen atoms in total. The highest BCUT2D eigenvalue weighted by Gasteiger charge is 2.50. The number of sulfonamides is 1. The van der Waals surface area contributed by atoms with Crippen LogP contribution in [0.3, 0.4) is 0 Å². The van der Waals surface area contributed by atoms with Crippen LogP contribution in [0.25, 0.3) is 0 Å². The molecule has 0 saturated carbocycles. The van der Waals surface area contributed by atoms with Gasteiger partial charge in [0.1, 0.15) is 6.10 Å². The molecule has 2 heterocycles. The quantitative estimate of drug-likeness (QED) is 0.658. The number of nitrogens with zero attached hydrogens (tertiary/aromatic N) is 2. The lowest BCUT2D eigenvalue weighted by Gasteiger charge is -2.57. The Bertz CT molecular complexity index is 1090. The van der Waals surface area contributed by atoms with Crippen LogP contribution in [0.15, 0.2) is 54.6 Å². The first-order valence-electron chi connectivity index (χ1n) is 11.6. The zero-order valence-electron chi connectivity index (χ0n) is 19.0. The zero-order valence-corrected chi connectivity index (χ0v) is 19.8. The standard InChI is InChI=1S/C26H32N2O4S/c1-20(30)9-10-21-11-13-23(14-12-21)26-24-17-27(15-5-6-16-28(24)25(26)18-29)33(31,32)19-22-7-3-2-4-8-22/h2-4,7-8,11-14,20,24-26,29-30H,5-6,15-19H2,1H3/t20-,24-,25-,26-/m1/s1. The molecule has 176 valence electrons. The highest BCUT2D eigenvalue weighted by molar-refractivity contribution is 7.88. The van der Waals surface area contributed by atoms with E-state index in [-0.39, 0.29) is 30.4 Å². The van der Waals surface area contributed by atoms with Gasteiger partial charge in [0.2, 0.25) is 10.0 Å². The van der Waals surface area contributed by atoms with Gasteiger partial charge in [-0.05, 0) is 49.6 Å². The summed E-state index contributed by atoms with van der Waals surface area (Å²) in [7, 11) is -3.45. The van der Waals surface area contributed by atoms with Gasteiger partial charge in [-0.1, -0.05) is 54.3 Å². The van der Waals surface area contributed by atoms with E-state index in [4.69, 9.17) is 0 Å². The van der Waals surface area contributed by atoms with Crippen LogP contribution in [-0.2, 0) is 15.8 Å². The molecule has 2 aromatic carbocycles. The van der Waals surface area contributed by atoms with E-state index in [0.717, 1.165) is 36.1 Å². The third kappa shape index (κ3) is 5.48. The van der Waals surface area contributed by atoms with E-state index in [2.05, 4.69) is 16.7 Å². The Kier molecular flexibility index (Phi) is 7.52. The van der Waals surface area contributed by atoms with Crippen LogP contribution in [-0.4, -0.2) is 72.3 Å². The second-order valence-electron chi connectivity index (χ2n) is 8.96. The maximum Gasteiger partial charge on any atom is 0.218 e. The molecule has 0 unspecified atom stereocenters. The lowest BCUT2D eigenvalue weighted by Crippen LogP contribution is -2.67. The zero-order chi connectivity index (χ0) is 23.4.